The van der Waals surface area contributed by atoms with Gasteiger partial charge < -0.3 is 5.32 Å². The first-order chi connectivity index (χ1) is 11.2. The molecule has 0 atom stereocenters. The SMILES string of the molecule is O=C(NC(=O)c1nccc(C(F)(F)F)c1Cl)Nc1ccccc1Cl. The Labute approximate surface area is 143 Å². The van der Waals surface area contributed by atoms with Crippen LogP contribution in [0.4, 0.5) is 23.7 Å². The molecule has 10 heteroatoms. The van der Waals surface area contributed by atoms with E-state index in [0.717, 1.165) is 6.20 Å². The highest BCUT2D eigenvalue weighted by Crippen LogP contribution is 2.35. The van der Waals surface area contributed by atoms with Crippen LogP contribution >= 0.6 is 23.2 Å². The van der Waals surface area contributed by atoms with Crippen LogP contribution in [-0.2, 0) is 6.18 Å². The highest BCUT2D eigenvalue weighted by Gasteiger charge is 2.35. The van der Waals surface area contributed by atoms with Gasteiger partial charge in [-0.25, -0.2) is 9.78 Å². The van der Waals surface area contributed by atoms with Crippen molar-refractivity contribution in [2.24, 2.45) is 0 Å². The summed E-state index contributed by atoms with van der Waals surface area (Å²) in [6.07, 6.45) is -3.98. The van der Waals surface area contributed by atoms with E-state index in [0.29, 0.717) is 6.07 Å². The van der Waals surface area contributed by atoms with Crippen molar-refractivity contribution in [2.75, 3.05) is 5.32 Å². The highest BCUT2D eigenvalue weighted by atomic mass is 35.5. The van der Waals surface area contributed by atoms with E-state index in [4.69, 9.17) is 23.2 Å². The molecule has 0 bridgehead atoms. The number of nitrogens with one attached hydrogen (secondary N) is 2. The standard InChI is InChI=1S/C14H8Cl2F3N3O2/c15-8-3-1-2-4-9(8)21-13(24)22-12(23)11-10(16)7(5-6-20-11)14(17,18)19/h1-6H,(H2,21,22,23,24). The zero-order valence-corrected chi connectivity index (χ0v) is 13.1. The number of alkyl halides is 3. The minimum Gasteiger partial charge on any atom is -0.306 e. The molecule has 1 heterocycles. The van der Waals surface area contributed by atoms with Crippen molar-refractivity contribution >= 4 is 40.8 Å². The molecule has 5 nitrogen and oxygen atoms in total. The fourth-order valence-corrected chi connectivity index (χ4v) is 2.19. The summed E-state index contributed by atoms with van der Waals surface area (Å²) in [5.41, 5.74) is -1.73. The lowest BCUT2D eigenvalue weighted by molar-refractivity contribution is -0.137. The van der Waals surface area contributed by atoms with Crippen LogP contribution in [0.1, 0.15) is 16.1 Å². The maximum atomic E-state index is 12.7. The van der Waals surface area contributed by atoms with Gasteiger partial charge in [-0.2, -0.15) is 13.2 Å². The van der Waals surface area contributed by atoms with Crippen molar-refractivity contribution < 1.29 is 22.8 Å². The zero-order chi connectivity index (χ0) is 17.9. The molecule has 0 spiro atoms. The van der Waals surface area contributed by atoms with Gasteiger partial charge in [0.05, 0.1) is 21.3 Å². The number of halogens is 5. The van der Waals surface area contributed by atoms with Crippen molar-refractivity contribution in [2.45, 2.75) is 6.18 Å². The molecule has 1 aromatic carbocycles. The Balaban J connectivity index is 2.16. The lowest BCUT2D eigenvalue weighted by Crippen LogP contribution is -2.35. The van der Waals surface area contributed by atoms with E-state index >= 15 is 0 Å². The van der Waals surface area contributed by atoms with Crippen LogP contribution < -0.4 is 10.6 Å². The van der Waals surface area contributed by atoms with Crippen molar-refractivity contribution in [1.29, 1.82) is 0 Å². The molecule has 2 rings (SSSR count). The van der Waals surface area contributed by atoms with Gasteiger partial charge in [-0.3, -0.25) is 10.1 Å². The third kappa shape index (κ3) is 4.15. The number of benzene rings is 1. The van der Waals surface area contributed by atoms with Crippen molar-refractivity contribution in [3.05, 3.63) is 57.8 Å². The topological polar surface area (TPSA) is 71.1 Å². The average molecular weight is 378 g/mol. The minimum atomic E-state index is -4.76. The number of anilines is 1. The molecule has 1 aromatic heterocycles. The van der Waals surface area contributed by atoms with Crippen LogP contribution in [-0.4, -0.2) is 16.9 Å². The first-order valence-electron chi connectivity index (χ1n) is 6.28. The highest BCUT2D eigenvalue weighted by molar-refractivity contribution is 6.35. The number of imide groups is 1. The number of urea groups is 1. The number of nitrogens with zero attached hydrogens (tertiary/aromatic N) is 1. The largest absolute Gasteiger partial charge is 0.417 e. The summed E-state index contributed by atoms with van der Waals surface area (Å²) in [5, 5.41) is 3.43. The molecular formula is C14H8Cl2F3N3O2. The van der Waals surface area contributed by atoms with Crippen LogP contribution in [0, 0.1) is 0 Å². The maximum absolute atomic E-state index is 12.7. The second-order valence-electron chi connectivity index (χ2n) is 4.41. The molecule has 0 radical (unpaired) electrons. The molecule has 0 saturated heterocycles. The summed E-state index contributed by atoms with van der Waals surface area (Å²) in [4.78, 5) is 27.1. The van der Waals surface area contributed by atoms with E-state index in [2.05, 4.69) is 10.3 Å². The molecule has 24 heavy (non-hydrogen) atoms. The van der Waals surface area contributed by atoms with Crippen LogP contribution in [0.5, 0.6) is 0 Å². The van der Waals surface area contributed by atoms with Gasteiger partial charge >= 0.3 is 12.2 Å². The quantitative estimate of drug-likeness (QED) is 0.816. The fourth-order valence-electron chi connectivity index (χ4n) is 1.70. The van der Waals surface area contributed by atoms with E-state index in [9.17, 15) is 22.8 Å². The number of hydrogen-bond donors (Lipinski definition) is 2. The minimum absolute atomic E-state index is 0.215. The summed E-state index contributed by atoms with van der Waals surface area (Å²) < 4.78 is 38.2. The zero-order valence-electron chi connectivity index (χ0n) is 11.6. The van der Waals surface area contributed by atoms with E-state index < -0.39 is 34.4 Å². The molecular weight excluding hydrogens is 370 g/mol. The number of pyridine rings is 1. The van der Waals surface area contributed by atoms with Gasteiger partial charge in [0.2, 0.25) is 0 Å². The average Bonchev–Trinajstić information content (AvgIpc) is 2.48. The van der Waals surface area contributed by atoms with Gasteiger partial charge in [0.1, 0.15) is 5.69 Å². The Kier molecular flexibility index (Phi) is 5.30. The number of para-hydroxylation sites is 1. The Bertz CT molecular complexity index is 797. The molecule has 0 aliphatic carbocycles. The van der Waals surface area contributed by atoms with Gasteiger partial charge in [-0.15, -0.1) is 0 Å². The van der Waals surface area contributed by atoms with E-state index in [1.54, 1.807) is 12.1 Å². The predicted octanol–water partition coefficient (Wildman–Crippen LogP) is 4.37. The maximum Gasteiger partial charge on any atom is 0.417 e. The summed E-state index contributed by atoms with van der Waals surface area (Å²) in [5.74, 6) is -1.18. The van der Waals surface area contributed by atoms with Crippen LogP contribution in [0.3, 0.4) is 0 Å². The smallest absolute Gasteiger partial charge is 0.306 e. The van der Waals surface area contributed by atoms with E-state index in [-0.39, 0.29) is 10.7 Å². The number of carbonyl (C=O) groups excluding carboxylic acids is 2. The predicted molar refractivity (Wildman–Crippen MR) is 82.2 cm³/mol. The fraction of sp³-hybridized carbons (Fsp3) is 0.0714. The molecule has 2 aromatic rings. The van der Waals surface area contributed by atoms with Gasteiger partial charge in [0.25, 0.3) is 5.91 Å². The molecule has 0 unspecified atom stereocenters. The Morgan fingerprint density at radius 1 is 1.08 bits per heavy atom. The van der Waals surface area contributed by atoms with Gasteiger partial charge in [0.15, 0.2) is 0 Å². The van der Waals surface area contributed by atoms with Gasteiger partial charge in [0, 0.05) is 6.20 Å². The number of rotatable bonds is 2. The van der Waals surface area contributed by atoms with E-state index in [1.807, 2.05) is 5.32 Å². The van der Waals surface area contributed by atoms with Crippen molar-refractivity contribution in [3.63, 3.8) is 0 Å². The summed E-state index contributed by atoms with van der Waals surface area (Å²) in [7, 11) is 0. The Morgan fingerprint density at radius 2 is 1.75 bits per heavy atom. The van der Waals surface area contributed by atoms with Gasteiger partial charge in [-0.1, -0.05) is 35.3 Å². The first kappa shape index (κ1) is 18.0. The van der Waals surface area contributed by atoms with Crippen LogP contribution in [0.15, 0.2) is 36.5 Å². The first-order valence-corrected chi connectivity index (χ1v) is 7.04. The lowest BCUT2D eigenvalue weighted by Gasteiger charge is -2.12. The Hall–Kier alpha value is -2.32. The number of carbonyl (C=O) groups is 2. The number of aromatic nitrogens is 1. The van der Waals surface area contributed by atoms with Crippen LogP contribution in [0.2, 0.25) is 10.0 Å². The molecule has 0 fully saturated rings. The normalized spacial score (nSPS) is 11.0. The summed E-state index contributed by atoms with van der Waals surface area (Å²) >= 11 is 11.4. The monoisotopic (exact) mass is 377 g/mol. The molecule has 2 N–H and O–H groups in total. The molecule has 3 amide bonds. The summed E-state index contributed by atoms with van der Waals surface area (Å²) in [6.45, 7) is 0. The molecule has 0 aliphatic rings. The van der Waals surface area contributed by atoms with E-state index in [1.165, 1.54) is 12.1 Å². The third-order valence-corrected chi connectivity index (χ3v) is 3.47. The lowest BCUT2D eigenvalue weighted by atomic mass is 10.2. The Morgan fingerprint density at radius 3 is 2.38 bits per heavy atom. The molecule has 0 aliphatic heterocycles. The third-order valence-electron chi connectivity index (χ3n) is 2.76. The summed E-state index contributed by atoms with van der Waals surface area (Å²) in [6, 6.07) is 5.83. The number of amides is 3. The second-order valence-corrected chi connectivity index (χ2v) is 5.19. The van der Waals surface area contributed by atoms with Gasteiger partial charge in [-0.05, 0) is 18.2 Å². The number of hydrogen-bond acceptors (Lipinski definition) is 3. The second kappa shape index (κ2) is 7.06. The van der Waals surface area contributed by atoms with Crippen molar-refractivity contribution in [1.82, 2.24) is 10.3 Å². The molecule has 0 saturated carbocycles. The molecule has 126 valence electrons. The van der Waals surface area contributed by atoms with Crippen LogP contribution in [0.25, 0.3) is 0 Å². The van der Waals surface area contributed by atoms with Crippen molar-refractivity contribution in [3.8, 4) is 0 Å².